The van der Waals surface area contributed by atoms with Gasteiger partial charge in [-0.15, -0.1) is 0 Å². The van der Waals surface area contributed by atoms with E-state index in [0.29, 0.717) is 5.56 Å². The molecule has 8 heteroatoms. The topological polar surface area (TPSA) is 64.6 Å². The summed E-state index contributed by atoms with van der Waals surface area (Å²) in [5.41, 5.74) is 1.56. The van der Waals surface area contributed by atoms with Gasteiger partial charge in [0.2, 0.25) is 0 Å². The van der Waals surface area contributed by atoms with Crippen molar-refractivity contribution < 1.29 is 32.2 Å². The van der Waals surface area contributed by atoms with Gasteiger partial charge in [-0.05, 0) is 24.1 Å². The number of esters is 1. The number of carbonyl (C=O) groups is 2. The van der Waals surface area contributed by atoms with E-state index in [1.807, 2.05) is 12.1 Å². The summed E-state index contributed by atoms with van der Waals surface area (Å²) in [6.07, 6.45) is -2.94. The molecular formula is C16H20F3NO4. The molecular weight excluding hydrogens is 327 g/mol. The van der Waals surface area contributed by atoms with E-state index >= 15 is 0 Å². The maximum absolute atomic E-state index is 11.9. The van der Waals surface area contributed by atoms with Gasteiger partial charge in [-0.3, -0.25) is 4.79 Å². The van der Waals surface area contributed by atoms with Gasteiger partial charge < -0.3 is 14.8 Å². The summed E-state index contributed by atoms with van der Waals surface area (Å²) in [5, 5.41) is 1.67. The summed E-state index contributed by atoms with van der Waals surface area (Å²) in [7, 11) is 0. The third-order valence-electron chi connectivity index (χ3n) is 2.98. The summed E-state index contributed by atoms with van der Waals surface area (Å²) < 4.78 is 45.6. The first-order valence-corrected chi connectivity index (χ1v) is 7.53. The highest BCUT2D eigenvalue weighted by molar-refractivity contribution is 5.89. The molecule has 5 nitrogen and oxygen atoms in total. The lowest BCUT2D eigenvalue weighted by Crippen LogP contribution is -2.38. The fraction of sp³-hybridized carbons (Fsp3) is 0.500. The molecule has 1 rings (SSSR count). The monoisotopic (exact) mass is 347 g/mol. The smallest absolute Gasteiger partial charge is 0.460 e. The molecule has 0 bridgehead atoms. The summed E-state index contributed by atoms with van der Waals surface area (Å²) in [4.78, 5) is 22.2. The molecule has 0 radical (unpaired) electrons. The van der Waals surface area contributed by atoms with Crippen LogP contribution in [0.4, 0.5) is 13.2 Å². The van der Waals surface area contributed by atoms with Gasteiger partial charge in [-0.1, -0.05) is 25.5 Å². The third kappa shape index (κ3) is 7.45. The van der Waals surface area contributed by atoms with E-state index in [1.165, 1.54) is 0 Å². The van der Waals surface area contributed by atoms with Gasteiger partial charge >= 0.3 is 18.1 Å². The standard InChI is InChI=1S/C16H20F3NO4/c1-2-3-12-4-6-13(7-5-12)14(21)24-11-10-23-9-8-20-15(22)16(17,18)19/h4-7H,2-3,8-11H2,1H3,(H,20,22). The van der Waals surface area contributed by atoms with Crippen molar-refractivity contribution in [2.45, 2.75) is 25.9 Å². The average molecular weight is 347 g/mol. The van der Waals surface area contributed by atoms with Crippen LogP contribution in [-0.4, -0.2) is 44.4 Å². The van der Waals surface area contributed by atoms with Gasteiger partial charge in [0.05, 0.1) is 18.8 Å². The quantitative estimate of drug-likeness (QED) is 0.551. The maximum Gasteiger partial charge on any atom is 0.471 e. The van der Waals surface area contributed by atoms with Crippen molar-refractivity contribution >= 4 is 11.9 Å². The van der Waals surface area contributed by atoms with E-state index in [-0.39, 0.29) is 26.4 Å². The summed E-state index contributed by atoms with van der Waals surface area (Å²) in [5.74, 6) is -2.50. The van der Waals surface area contributed by atoms with E-state index in [2.05, 4.69) is 6.92 Å². The highest BCUT2D eigenvalue weighted by Gasteiger charge is 2.38. The van der Waals surface area contributed by atoms with E-state index in [9.17, 15) is 22.8 Å². The minimum atomic E-state index is -4.90. The van der Waals surface area contributed by atoms with Crippen LogP contribution in [0.2, 0.25) is 0 Å². The van der Waals surface area contributed by atoms with Gasteiger partial charge in [0.25, 0.3) is 0 Å². The number of hydrogen-bond acceptors (Lipinski definition) is 4. The molecule has 0 aliphatic rings. The molecule has 0 atom stereocenters. The van der Waals surface area contributed by atoms with Crippen LogP contribution in [0.25, 0.3) is 0 Å². The highest BCUT2D eigenvalue weighted by Crippen LogP contribution is 2.13. The molecule has 0 aliphatic carbocycles. The Morgan fingerprint density at radius 2 is 1.75 bits per heavy atom. The number of halogens is 3. The van der Waals surface area contributed by atoms with Crippen molar-refractivity contribution in [2.24, 2.45) is 0 Å². The summed E-state index contributed by atoms with van der Waals surface area (Å²) in [6, 6.07) is 7.08. The predicted molar refractivity (Wildman–Crippen MR) is 80.6 cm³/mol. The molecule has 1 N–H and O–H groups in total. The average Bonchev–Trinajstić information content (AvgIpc) is 2.53. The van der Waals surface area contributed by atoms with Crippen LogP contribution in [0.1, 0.15) is 29.3 Å². The zero-order valence-electron chi connectivity index (χ0n) is 13.3. The number of aryl methyl sites for hydroxylation is 1. The van der Waals surface area contributed by atoms with Crippen molar-refractivity contribution in [1.82, 2.24) is 5.32 Å². The van der Waals surface area contributed by atoms with E-state index in [1.54, 1.807) is 17.4 Å². The Labute approximate surface area is 138 Å². The lowest BCUT2D eigenvalue weighted by Gasteiger charge is -2.09. The van der Waals surface area contributed by atoms with E-state index in [0.717, 1.165) is 18.4 Å². The Morgan fingerprint density at radius 1 is 1.08 bits per heavy atom. The number of carbonyl (C=O) groups excluding carboxylic acids is 2. The van der Waals surface area contributed by atoms with Crippen LogP contribution in [0, 0.1) is 0 Å². The lowest BCUT2D eigenvalue weighted by atomic mass is 10.1. The zero-order chi connectivity index (χ0) is 18.0. The number of amides is 1. The highest BCUT2D eigenvalue weighted by atomic mass is 19.4. The second-order valence-corrected chi connectivity index (χ2v) is 4.95. The predicted octanol–water partition coefficient (Wildman–Crippen LogP) is 2.49. The van der Waals surface area contributed by atoms with E-state index < -0.39 is 18.1 Å². The minimum Gasteiger partial charge on any atom is -0.460 e. The molecule has 1 amide bonds. The van der Waals surface area contributed by atoms with Crippen LogP contribution in [0.15, 0.2) is 24.3 Å². The lowest BCUT2D eigenvalue weighted by molar-refractivity contribution is -0.173. The van der Waals surface area contributed by atoms with E-state index in [4.69, 9.17) is 9.47 Å². The van der Waals surface area contributed by atoms with Gasteiger partial charge in [-0.2, -0.15) is 13.2 Å². The van der Waals surface area contributed by atoms with Gasteiger partial charge in [0.1, 0.15) is 6.61 Å². The fourth-order valence-corrected chi connectivity index (χ4v) is 1.81. The first-order valence-electron chi connectivity index (χ1n) is 7.53. The molecule has 24 heavy (non-hydrogen) atoms. The number of nitrogens with one attached hydrogen (secondary N) is 1. The van der Waals surface area contributed by atoms with Crippen molar-refractivity contribution in [3.8, 4) is 0 Å². The Hall–Kier alpha value is -2.09. The molecule has 0 spiro atoms. The molecule has 0 unspecified atom stereocenters. The second-order valence-electron chi connectivity index (χ2n) is 4.95. The zero-order valence-corrected chi connectivity index (χ0v) is 13.3. The minimum absolute atomic E-state index is 0.0250. The molecule has 134 valence electrons. The number of hydrogen-bond donors (Lipinski definition) is 1. The Balaban J connectivity index is 2.14. The van der Waals surface area contributed by atoms with Crippen molar-refractivity contribution in [1.29, 1.82) is 0 Å². The molecule has 0 heterocycles. The number of ether oxygens (including phenoxy) is 2. The molecule has 0 saturated carbocycles. The Kier molecular flexibility index (Phi) is 8.25. The number of alkyl halides is 3. The molecule has 0 aliphatic heterocycles. The maximum atomic E-state index is 11.9. The number of benzene rings is 1. The Morgan fingerprint density at radius 3 is 2.33 bits per heavy atom. The van der Waals surface area contributed by atoms with Crippen LogP contribution in [0.3, 0.4) is 0 Å². The van der Waals surface area contributed by atoms with Crippen LogP contribution >= 0.6 is 0 Å². The molecule has 1 aromatic carbocycles. The van der Waals surface area contributed by atoms with Gasteiger partial charge in [-0.25, -0.2) is 4.79 Å². The van der Waals surface area contributed by atoms with Crippen LogP contribution < -0.4 is 5.32 Å². The first-order chi connectivity index (χ1) is 11.3. The Bertz CT molecular complexity index is 529. The van der Waals surface area contributed by atoms with Crippen molar-refractivity contribution in [3.05, 3.63) is 35.4 Å². The summed E-state index contributed by atoms with van der Waals surface area (Å²) in [6.45, 7) is 1.69. The van der Waals surface area contributed by atoms with Crippen LogP contribution in [0.5, 0.6) is 0 Å². The fourth-order valence-electron chi connectivity index (χ4n) is 1.81. The molecule has 0 saturated heterocycles. The van der Waals surface area contributed by atoms with Crippen molar-refractivity contribution in [2.75, 3.05) is 26.4 Å². The molecule has 0 fully saturated rings. The van der Waals surface area contributed by atoms with Crippen LogP contribution in [-0.2, 0) is 20.7 Å². The molecule has 1 aromatic rings. The normalized spacial score (nSPS) is 11.2. The second kappa shape index (κ2) is 9.92. The first kappa shape index (κ1) is 20.0. The SMILES string of the molecule is CCCc1ccc(C(=O)OCCOCCNC(=O)C(F)(F)F)cc1. The summed E-state index contributed by atoms with van der Waals surface area (Å²) >= 11 is 0. The van der Waals surface area contributed by atoms with Crippen molar-refractivity contribution in [3.63, 3.8) is 0 Å². The largest absolute Gasteiger partial charge is 0.471 e. The van der Waals surface area contributed by atoms with Gasteiger partial charge in [0.15, 0.2) is 0 Å². The number of rotatable bonds is 9. The van der Waals surface area contributed by atoms with Gasteiger partial charge in [0, 0.05) is 6.54 Å². The molecule has 0 aromatic heterocycles. The third-order valence-corrected chi connectivity index (χ3v) is 2.98.